The summed E-state index contributed by atoms with van der Waals surface area (Å²) in [7, 11) is 0. The van der Waals surface area contributed by atoms with E-state index in [4.69, 9.17) is 9.47 Å². The van der Waals surface area contributed by atoms with E-state index in [1.54, 1.807) is 0 Å². The molecule has 0 fully saturated rings. The zero-order valence-electron chi connectivity index (χ0n) is 10.3. The molecule has 1 aromatic rings. The molecule has 4 heteroatoms. The van der Waals surface area contributed by atoms with Crippen molar-refractivity contribution >= 4 is 17.7 Å². The van der Waals surface area contributed by atoms with Crippen LogP contribution in [-0.2, 0) is 9.53 Å². The standard InChI is InChI=1S/C13H18O3S/c1-3-9-16-13(14)10-17-12-7-5-11(6-8-12)15-4-2/h5-8H,3-4,9-10H2,1-2H3. The van der Waals surface area contributed by atoms with E-state index < -0.39 is 0 Å². The molecule has 0 bridgehead atoms. The highest BCUT2D eigenvalue weighted by atomic mass is 32.2. The summed E-state index contributed by atoms with van der Waals surface area (Å²) in [6.07, 6.45) is 0.861. The van der Waals surface area contributed by atoms with Crippen LogP contribution in [0.15, 0.2) is 29.2 Å². The second kappa shape index (κ2) is 8.01. The first-order valence-corrected chi connectivity index (χ1v) is 6.76. The van der Waals surface area contributed by atoms with Crippen molar-refractivity contribution in [2.75, 3.05) is 19.0 Å². The monoisotopic (exact) mass is 254 g/mol. The zero-order chi connectivity index (χ0) is 12.5. The number of thioether (sulfide) groups is 1. The van der Waals surface area contributed by atoms with Gasteiger partial charge in [0, 0.05) is 4.90 Å². The van der Waals surface area contributed by atoms with E-state index in [0.717, 1.165) is 17.1 Å². The van der Waals surface area contributed by atoms with Crippen molar-refractivity contribution in [2.24, 2.45) is 0 Å². The Morgan fingerprint density at radius 3 is 2.53 bits per heavy atom. The van der Waals surface area contributed by atoms with Gasteiger partial charge in [-0.25, -0.2) is 0 Å². The summed E-state index contributed by atoms with van der Waals surface area (Å²) in [5.41, 5.74) is 0. The highest BCUT2D eigenvalue weighted by Gasteiger charge is 2.03. The average molecular weight is 254 g/mol. The molecule has 0 N–H and O–H groups in total. The van der Waals surface area contributed by atoms with E-state index in [0.29, 0.717) is 19.0 Å². The van der Waals surface area contributed by atoms with Crippen LogP contribution in [0.4, 0.5) is 0 Å². The van der Waals surface area contributed by atoms with Gasteiger partial charge in [-0.15, -0.1) is 11.8 Å². The Morgan fingerprint density at radius 2 is 1.94 bits per heavy atom. The Bertz CT molecular complexity index is 335. The van der Waals surface area contributed by atoms with Gasteiger partial charge < -0.3 is 9.47 Å². The van der Waals surface area contributed by atoms with Crippen LogP contribution in [0.25, 0.3) is 0 Å². The summed E-state index contributed by atoms with van der Waals surface area (Å²) in [6.45, 7) is 5.10. The van der Waals surface area contributed by atoms with E-state index in [1.165, 1.54) is 11.8 Å². The van der Waals surface area contributed by atoms with Crippen molar-refractivity contribution in [3.05, 3.63) is 24.3 Å². The zero-order valence-corrected chi connectivity index (χ0v) is 11.1. The van der Waals surface area contributed by atoms with Gasteiger partial charge in [-0.1, -0.05) is 6.92 Å². The van der Waals surface area contributed by atoms with Crippen molar-refractivity contribution in [3.8, 4) is 5.75 Å². The third-order valence-electron chi connectivity index (χ3n) is 1.96. The molecule has 0 aliphatic heterocycles. The van der Waals surface area contributed by atoms with Gasteiger partial charge in [0.15, 0.2) is 0 Å². The number of hydrogen-bond donors (Lipinski definition) is 0. The van der Waals surface area contributed by atoms with Crippen LogP contribution in [0.1, 0.15) is 20.3 Å². The van der Waals surface area contributed by atoms with Crippen LogP contribution in [0.2, 0.25) is 0 Å². The SMILES string of the molecule is CCCOC(=O)CSc1ccc(OCC)cc1. The maximum absolute atomic E-state index is 11.3. The maximum atomic E-state index is 11.3. The van der Waals surface area contributed by atoms with E-state index in [-0.39, 0.29) is 5.97 Å². The quantitative estimate of drug-likeness (QED) is 0.553. The lowest BCUT2D eigenvalue weighted by Crippen LogP contribution is -2.07. The largest absolute Gasteiger partial charge is 0.494 e. The minimum absolute atomic E-state index is 0.161. The summed E-state index contributed by atoms with van der Waals surface area (Å²) in [4.78, 5) is 12.3. The molecule has 0 unspecified atom stereocenters. The minimum Gasteiger partial charge on any atom is -0.494 e. The Kier molecular flexibility index (Phi) is 6.55. The molecule has 0 atom stereocenters. The van der Waals surface area contributed by atoms with Crippen molar-refractivity contribution < 1.29 is 14.3 Å². The predicted octanol–water partition coefficient (Wildman–Crippen LogP) is 3.13. The fourth-order valence-corrected chi connectivity index (χ4v) is 1.89. The van der Waals surface area contributed by atoms with Gasteiger partial charge in [0.1, 0.15) is 5.75 Å². The lowest BCUT2D eigenvalue weighted by atomic mass is 10.3. The Balaban J connectivity index is 2.34. The topological polar surface area (TPSA) is 35.5 Å². The maximum Gasteiger partial charge on any atom is 0.316 e. The molecule has 0 spiro atoms. The lowest BCUT2D eigenvalue weighted by molar-refractivity contribution is -0.140. The second-order valence-electron chi connectivity index (χ2n) is 3.41. The molecule has 0 aliphatic rings. The number of carbonyl (C=O) groups is 1. The van der Waals surface area contributed by atoms with Gasteiger partial charge in [-0.2, -0.15) is 0 Å². The molecule has 3 nitrogen and oxygen atoms in total. The van der Waals surface area contributed by atoms with Crippen molar-refractivity contribution in [1.82, 2.24) is 0 Å². The summed E-state index contributed by atoms with van der Waals surface area (Å²) < 4.78 is 10.3. The van der Waals surface area contributed by atoms with Crippen LogP contribution >= 0.6 is 11.8 Å². The molecular weight excluding hydrogens is 236 g/mol. The fourth-order valence-electron chi connectivity index (χ4n) is 1.20. The van der Waals surface area contributed by atoms with Crippen LogP contribution < -0.4 is 4.74 Å². The molecule has 0 saturated carbocycles. The molecule has 1 rings (SSSR count). The van der Waals surface area contributed by atoms with E-state index in [9.17, 15) is 4.79 Å². The molecule has 0 aromatic heterocycles. The first kappa shape index (κ1) is 13.9. The van der Waals surface area contributed by atoms with Gasteiger partial charge in [0.25, 0.3) is 0 Å². The highest BCUT2D eigenvalue weighted by molar-refractivity contribution is 8.00. The van der Waals surface area contributed by atoms with Gasteiger partial charge >= 0.3 is 5.97 Å². The molecule has 0 saturated heterocycles. The summed E-state index contributed by atoms with van der Waals surface area (Å²) >= 11 is 1.48. The normalized spacial score (nSPS) is 10.0. The second-order valence-corrected chi connectivity index (χ2v) is 4.46. The third-order valence-corrected chi connectivity index (χ3v) is 2.94. The highest BCUT2D eigenvalue weighted by Crippen LogP contribution is 2.21. The number of rotatable bonds is 7. The van der Waals surface area contributed by atoms with E-state index in [1.807, 2.05) is 38.1 Å². The van der Waals surface area contributed by atoms with Crippen LogP contribution in [0.5, 0.6) is 5.75 Å². The number of carbonyl (C=O) groups excluding carboxylic acids is 1. The van der Waals surface area contributed by atoms with E-state index >= 15 is 0 Å². The predicted molar refractivity (Wildman–Crippen MR) is 69.6 cm³/mol. The molecule has 17 heavy (non-hydrogen) atoms. The van der Waals surface area contributed by atoms with Gasteiger partial charge in [-0.3, -0.25) is 4.79 Å². The summed E-state index contributed by atoms with van der Waals surface area (Å²) in [5, 5.41) is 0. The number of ether oxygens (including phenoxy) is 2. The molecule has 1 aromatic carbocycles. The number of benzene rings is 1. The van der Waals surface area contributed by atoms with Gasteiger partial charge in [0.05, 0.1) is 19.0 Å². The fraction of sp³-hybridized carbons (Fsp3) is 0.462. The van der Waals surface area contributed by atoms with Crippen molar-refractivity contribution in [2.45, 2.75) is 25.2 Å². The molecule has 0 amide bonds. The molecule has 0 radical (unpaired) electrons. The van der Waals surface area contributed by atoms with Gasteiger partial charge in [-0.05, 0) is 37.6 Å². The first-order chi connectivity index (χ1) is 8.26. The van der Waals surface area contributed by atoms with Crippen LogP contribution in [0, 0.1) is 0 Å². The molecular formula is C13H18O3S. The average Bonchev–Trinajstić information content (AvgIpc) is 2.36. The Labute approximate surface area is 106 Å². The minimum atomic E-state index is -0.161. The summed E-state index contributed by atoms with van der Waals surface area (Å²) in [5.74, 6) is 1.05. The van der Waals surface area contributed by atoms with Crippen molar-refractivity contribution in [1.29, 1.82) is 0 Å². The number of hydrogen-bond acceptors (Lipinski definition) is 4. The number of esters is 1. The molecule has 0 aliphatic carbocycles. The smallest absolute Gasteiger partial charge is 0.316 e. The molecule has 94 valence electrons. The van der Waals surface area contributed by atoms with Crippen LogP contribution in [-0.4, -0.2) is 24.9 Å². The first-order valence-electron chi connectivity index (χ1n) is 5.77. The van der Waals surface area contributed by atoms with Crippen LogP contribution in [0.3, 0.4) is 0 Å². The lowest BCUT2D eigenvalue weighted by Gasteiger charge is -2.05. The van der Waals surface area contributed by atoms with E-state index in [2.05, 4.69) is 0 Å². The van der Waals surface area contributed by atoms with Gasteiger partial charge in [0.2, 0.25) is 0 Å². The molecule has 0 heterocycles. The summed E-state index contributed by atoms with van der Waals surface area (Å²) in [6, 6.07) is 7.71. The Morgan fingerprint density at radius 1 is 1.24 bits per heavy atom. The third kappa shape index (κ3) is 5.63. The Hall–Kier alpha value is -1.16. The van der Waals surface area contributed by atoms with Crippen molar-refractivity contribution in [3.63, 3.8) is 0 Å².